The summed E-state index contributed by atoms with van der Waals surface area (Å²) in [7, 11) is 0. The fourth-order valence-corrected chi connectivity index (χ4v) is 12.4. The van der Waals surface area contributed by atoms with Gasteiger partial charge in [-0.25, -0.2) is 0 Å². The number of ketones is 1. The van der Waals surface area contributed by atoms with E-state index in [9.17, 15) is 9.59 Å². The van der Waals surface area contributed by atoms with Gasteiger partial charge in [0.25, 0.3) is 0 Å². The molecular formula is C32H50O4. The van der Waals surface area contributed by atoms with Crippen molar-refractivity contribution in [2.45, 2.75) is 125 Å². The molecule has 0 aromatic rings. The number of fused-ring (bicyclic) bond motifs is 7. The molecule has 1 spiro atoms. The van der Waals surface area contributed by atoms with Gasteiger partial charge in [-0.05, 0) is 104 Å². The Bertz CT molecular complexity index is 987. The highest BCUT2D eigenvalue weighted by molar-refractivity contribution is 5.89. The van der Waals surface area contributed by atoms with Crippen LogP contribution in [0.2, 0.25) is 0 Å². The summed E-state index contributed by atoms with van der Waals surface area (Å²) in [5.74, 6) is 3.13. The summed E-state index contributed by atoms with van der Waals surface area (Å²) in [6, 6.07) is 0. The van der Waals surface area contributed by atoms with Crippen LogP contribution in [0.25, 0.3) is 0 Å². The zero-order valence-corrected chi connectivity index (χ0v) is 24.2. The zero-order valence-electron chi connectivity index (χ0n) is 24.2. The Morgan fingerprint density at radius 2 is 1.61 bits per heavy atom. The van der Waals surface area contributed by atoms with Gasteiger partial charge < -0.3 is 9.47 Å². The minimum Gasteiger partial charge on any atom is -0.462 e. The van der Waals surface area contributed by atoms with Gasteiger partial charge >= 0.3 is 5.97 Å². The molecule has 7 fully saturated rings. The summed E-state index contributed by atoms with van der Waals surface area (Å²) in [5, 5.41) is 0. The minimum atomic E-state index is -0.578. The summed E-state index contributed by atoms with van der Waals surface area (Å²) in [4.78, 5) is 25.1. The van der Waals surface area contributed by atoms with Crippen LogP contribution in [-0.4, -0.2) is 30.1 Å². The van der Waals surface area contributed by atoms with Crippen molar-refractivity contribution in [1.29, 1.82) is 0 Å². The molecule has 4 heteroatoms. The van der Waals surface area contributed by atoms with Crippen LogP contribution in [0.1, 0.15) is 113 Å². The van der Waals surface area contributed by atoms with Gasteiger partial charge in [-0.1, -0.05) is 41.5 Å². The number of esters is 1. The van der Waals surface area contributed by atoms with Gasteiger partial charge in [-0.15, -0.1) is 0 Å². The molecule has 7 rings (SSSR count). The van der Waals surface area contributed by atoms with E-state index in [0.29, 0.717) is 51.6 Å². The van der Waals surface area contributed by atoms with E-state index in [1.807, 2.05) is 0 Å². The lowest BCUT2D eigenvalue weighted by Crippen LogP contribution is -2.72. The van der Waals surface area contributed by atoms with Crippen LogP contribution < -0.4 is 0 Å². The van der Waals surface area contributed by atoms with E-state index in [0.717, 1.165) is 25.9 Å². The van der Waals surface area contributed by atoms with E-state index >= 15 is 0 Å². The van der Waals surface area contributed by atoms with Crippen LogP contribution in [0.4, 0.5) is 0 Å². The fourth-order valence-electron chi connectivity index (χ4n) is 12.4. The van der Waals surface area contributed by atoms with Crippen molar-refractivity contribution in [3.63, 3.8) is 0 Å². The predicted octanol–water partition coefficient (Wildman–Crippen LogP) is 6.99. The van der Waals surface area contributed by atoms with Crippen molar-refractivity contribution >= 4 is 11.8 Å². The number of hydrogen-bond donors (Lipinski definition) is 0. The van der Waals surface area contributed by atoms with E-state index < -0.39 is 5.60 Å². The summed E-state index contributed by atoms with van der Waals surface area (Å²) >= 11 is 0. The lowest BCUT2D eigenvalue weighted by molar-refractivity contribution is -0.294. The van der Waals surface area contributed by atoms with Crippen molar-refractivity contribution < 1.29 is 19.1 Å². The van der Waals surface area contributed by atoms with Crippen LogP contribution in [0.3, 0.4) is 0 Å². The topological polar surface area (TPSA) is 52.6 Å². The van der Waals surface area contributed by atoms with Gasteiger partial charge in [0.15, 0.2) is 5.78 Å². The van der Waals surface area contributed by atoms with Crippen molar-refractivity contribution in [2.75, 3.05) is 6.61 Å². The standard InChI is InChI=1S/C32H50O4/c1-19-26-21-9-10-23-28(5)13-12-25(36-20(2)33)27(3,4)22(28)11-14-30(23,7)29(21,6)15-16-32(26)17-24(34)31(19,8)35-18-32/h19,21-23,25-26H,9-18H2,1-8H3/t19-,21-,22-,23+,25-,26-,28+,29+,30-,31+,32-/m0/s1. The van der Waals surface area contributed by atoms with E-state index in [1.54, 1.807) is 6.92 Å². The second kappa shape index (κ2) is 7.39. The first-order valence-electron chi connectivity index (χ1n) is 15.0. The number of hydrogen-bond acceptors (Lipinski definition) is 4. The third-order valence-corrected chi connectivity index (χ3v) is 14.6. The van der Waals surface area contributed by atoms with Crippen LogP contribution in [0, 0.1) is 56.7 Å². The van der Waals surface area contributed by atoms with Gasteiger partial charge in [-0.2, -0.15) is 0 Å². The van der Waals surface area contributed by atoms with Gasteiger partial charge in [0.05, 0.1) is 6.61 Å². The summed E-state index contributed by atoms with van der Waals surface area (Å²) in [6.45, 7) is 19.5. The van der Waals surface area contributed by atoms with Gasteiger partial charge in [0, 0.05) is 24.2 Å². The normalized spacial score (nSPS) is 57.2. The maximum Gasteiger partial charge on any atom is 0.302 e. The van der Waals surface area contributed by atoms with Gasteiger partial charge in [0.1, 0.15) is 11.7 Å². The minimum absolute atomic E-state index is 0.0116. The molecule has 0 aromatic carbocycles. The molecule has 5 saturated carbocycles. The summed E-state index contributed by atoms with van der Waals surface area (Å²) in [6.07, 6.45) is 10.5. The number of ether oxygens (including phenoxy) is 2. The van der Waals surface area contributed by atoms with Crippen LogP contribution >= 0.6 is 0 Å². The van der Waals surface area contributed by atoms with Crippen molar-refractivity contribution in [2.24, 2.45) is 56.7 Å². The second-order valence-corrected chi connectivity index (χ2v) is 15.8. The molecule has 0 unspecified atom stereocenters. The van der Waals surface area contributed by atoms with Crippen molar-refractivity contribution in [3.05, 3.63) is 0 Å². The molecule has 2 bridgehead atoms. The molecule has 4 nitrogen and oxygen atoms in total. The fraction of sp³-hybridized carbons (Fsp3) is 0.938. The van der Waals surface area contributed by atoms with Crippen molar-refractivity contribution in [1.82, 2.24) is 0 Å². The molecule has 0 radical (unpaired) electrons. The van der Waals surface area contributed by atoms with E-state index in [-0.39, 0.29) is 22.9 Å². The Morgan fingerprint density at radius 1 is 0.889 bits per heavy atom. The van der Waals surface area contributed by atoms with Gasteiger partial charge in [-0.3, -0.25) is 9.59 Å². The summed E-state index contributed by atoms with van der Waals surface area (Å²) in [5.41, 5.74) is 0.422. The molecule has 202 valence electrons. The third-order valence-electron chi connectivity index (χ3n) is 14.6. The highest BCUT2D eigenvalue weighted by Crippen LogP contribution is 2.77. The second-order valence-electron chi connectivity index (χ2n) is 15.8. The Hall–Kier alpha value is -0.900. The van der Waals surface area contributed by atoms with E-state index in [1.165, 1.54) is 38.5 Å². The predicted molar refractivity (Wildman–Crippen MR) is 140 cm³/mol. The molecule has 2 saturated heterocycles. The highest BCUT2D eigenvalue weighted by Gasteiger charge is 2.73. The SMILES string of the molecule is CC(=O)O[C@H]1CC[C@@]2(C)[C@H]3CC[C@H]4[C@@H]5[C@H](C)[C@@]6(C)OC[C@]5(CC[C@@]4(C)[C@@]3(C)CC[C@H]2C1(C)C)CC6=O. The molecule has 0 N–H and O–H groups in total. The molecule has 36 heavy (non-hydrogen) atoms. The summed E-state index contributed by atoms with van der Waals surface area (Å²) < 4.78 is 12.3. The smallest absolute Gasteiger partial charge is 0.302 e. The number of carbonyl (C=O) groups is 2. The molecular weight excluding hydrogens is 448 g/mol. The quantitative estimate of drug-likeness (QED) is 0.366. The number of rotatable bonds is 1. The first-order chi connectivity index (χ1) is 16.7. The molecule has 2 aliphatic heterocycles. The van der Waals surface area contributed by atoms with Crippen LogP contribution in [0.5, 0.6) is 0 Å². The molecule has 0 amide bonds. The molecule has 2 heterocycles. The number of Topliss-reactive ketones (excluding diaryl/α,β-unsaturated/α-hetero) is 1. The first-order valence-corrected chi connectivity index (χ1v) is 15.0. The maximum atomic E-state index is 13.2. The van der Waals surface area contributed by atoms with Crippen LogP contribution in [-0.2, 0) is 19.1 Å². The Labute approximate surface area is 219 Å². The molecule has 11 atom stereocenters. The highest BCUT2D eigenvalue weighted by atomic mass is 16.5. The van der Waals surface area contributed by atoms with Gasteiger partial charge in [0.2, 0.25) is 0 Å². The number of carbonyl (C=O) groups excluding carboxylic acids is 2. The third kappa shape index (κ3) is 2.81. The Morgan fingerprint density at radius 3 is 2.28 bits per heavy atom. The monoisotopic (exact) mass is 498 g/mol. The molecule has 0 aromatic heterocycles. The van der Waals surface area contributed by atoms with E-state index in [2.05, 4.69) is 48.5 Å². The van der Waals surface area contributed by atoms with Crippen LogP contribution in [0.15, 0.2) is 0 Å². The average Bonchev–Trinajstić information content (AvgIpc) is 2.78. The molecule has 5 aliphatic carbocycles. The lowest BCUT2D eigenvalue weighted by Gasteiger charge is -2.75. The average molecular weight is 499 g/mol. The van der Waals surface area contributed by atoms with E-state index in [4.69, 9.17) is 9.47 Å². The Balaban J connectivity index is 1.36. The first kappa shape index (κ1) is 25.4. The Kier molecular flexibility index (Phi) is 5.21. The molecule has 7 aliphatic rings. The zero-order chi connectivity index (χ0) is 26.1. The maximum absolute atomic E-state index is 13.2. The largest absolute Gasteiger partial charge is 0.462 e. The van der Waals surface area contributed by atoms with Crippen molar-refractivity contribution in [3.8, 4) is 0 Å². The lowest BCUT2D eigenvalue weighted by atomic mass is 9.30.